The number of unbranched alkanes of at least 4 members (excludes halogenated alkanes) is 1. The fourth-order valence-corrected chi connectivity index (χ4v) is 3.34. The van der Waals surface area contributed by atoms with E-state index in [0.29, 0.717) is 12.4 Å². The van der Waals surface area contributed by atoms with Crippen molar-refractivity contribution in [2.75, 3.05) is 12.3 Å². The number of hydrogen-bond donors (Lipinski definition) is 2. The number of aromatic nitrogens is 3. The van der Waals surface area contributed by atoms with Crippen LogP contribution in [-0.2, 0) is 11.3 Å². The van der Waals surface area contributed by atoms with Crippen LogP contribution in [0, 0.1) is 11.8 Å². The molecule has 3 N–H and O–H groups in total. The first kappa shape index (κ1) is 22.8. The zero-order chi connectivity index (χ0) is 22.3. The standard InChI is InChI=1S/C25H32N4O2/c1-4-5-15-31-18-20-17-29(23-12-14-27-24(26)28-23)22-16-19(11-13-25(2,3)30)9-7-6-8-10-21(20)22/h9-10,12,14,16-17,30H,4-8,15,18H2,1-3H3,(H2,26,27,28). The molecule has 0 atom stereocenters. The molecule has 0 bridgehead atoms. The van der Waals surface area contributed by atoms with Crippen molar-refractivity contribution in [2.45, 2.75) is 65.1 Å². The van der Waals surface area contributed by atoms with Gasteiger partial charge in [-0.3, -0.25) is 0 Å². The molecule has 0 saturated carbocycles. The van der Waals surface area contributed by atoms with E-state index in [-0.39, 0.29) is 5.95 Å². The van der Waals surface area contributed by atoms with Gasteiger partial charge in [-0.05, 0) is 51.7 Å². The third kappa shape index (κ3) is 6.55. The van der Waals surface area contributed by atoms with Crippen molar-refractivity contribution in [3.05, 3.63) is 46.2 Å². The Morgan fingerprint density at radius 3 is 2.84 bits per heavy atom. The van der Waals surface area contributed by atoms with Gasteiger partial charge in [0.25, 0.3) is 0 Å². The van der Waals surface area contributed by atoms with E-state index < -0.39 is 5.60 Å². The van der Waals surface area contributed by atoms with Gasteiger partial charge in [-0.2, -0.15) is 4.98 Å². The van der Waals surface area contributed by atoms with Crippen LogP contribution in [0.25, 0.3) is 18.0 Å². The summed E-state index contributed by atoms with van der Waals surface area (Å²) in [5.74, 6) is 7.00. The number of nitrogens with zero attached hydrogens (tertiary/aromatic N) is 3. The highest BCUT2D eigenvalue weighted by atomic mass is 16.5. The Morgan fingerprint density at radius 1 is 1.29 bits per heavy atom. The van der Waals surface area contributed by atoms with Crippen LogP contribution < -0.4 is 16.3 Å². The van der Waals surface area contributed by atoms with E-state index in [1.807, 2.05) is 10.6 Å². The first-order valence-electron chi connectivity index (χ1n) is 10.9. The lowest BCUT2D eigenvalue weighted by Gasteiger charge is -2.06. The van der Waals surface area contributed by atoms with E-state index >= 15 is 0 Å². The highest BCUT2D eigenvalue weighted by Crippen LogP contribution is 2.10. The summed E-state index contributed by atoms with van der Waals surface area (Å²) in [5, 5.41) is 12.2. The molecule has 2 aromatic heterocycles. The molecule has 0 unspecified atom stereocenters. The average molecular weight is 421 g/mol. The lowest BCUT2D eigenvalue weighted by atomic mass is 10.1. The molecule has 6 nitrogen and oxygen atoms in total. The molecule has 31 heavy (non-hydrogen) atoms. The lowest BCUT2D eigenvalue weighted by molar-refractivity contribution is 0.117. The number of aliphatic hydroxyl groups is 1. The smallest absolute Gasteiger partial charge is 0.221 e. The topological polar surface area (TPSA) is 86.2 Å². The summed E-state index contributed by atoms with van der Waals surface area (Å²) in [6, 6.07) is 1.84. The molecular weight excluding hydrogens is 388 g/mol. The van der Waals surface area contributed by atoms with Crippen molar-refractivity contribution in [2.24, 2.45) is 0 Å². The molecule has 0 radical (unpaired) electrons. The Balaban J connectivity index is 2.17. The fraction of sp³-hybridized carbons (Fsp3) is 0.440. The maximum Gasteiger partial charge on any atom is 0.221 e. The Bertz CT molecular complexity index is 1110. The highest BCUT2D eigenvalue weighted by molar-refractivity contribution is 5.59. The average Bonchev–Trinajstić information content (AvgIpc) is 3.09. The van der Waals surface area contributed by atoms with Crippen molar-refractivity contribution in [1.82, 2.24) is 14.5 Å². The predicted molar refractivity (Wildman–Crippen MR) is 125 cm³/mol. The predicted octanol–water partition coefficient (Wildman–Crippen LogP) is 2.61. The number of anilines is 1. The fourth-order valence-electron chi connectivity index (χ4n) is 3.34. The summed E-state index contributed by atoms with van der Waals surface area (Å²) in [6.45, 7) is 6.81. The molecule has 0 aromatic carbocycles. The highest BCUT2D eigenvalue weighted by Gasteiger charge is 2.11. The quantitative estimate of drug-likeness (QED) is 0.554. The number of rotatable bonds is 6. The number of nitrogens with two attached hydrogens (primary N) is 1. The molecule has 0 saturated heterocycles. The number of ether oxygens (including phenoxy) is 1. The minimum absolute atomic E-state index is 0.227. The van der Waals surface area contributed by atoms with Gasteiger partial charge in [-0.25, -0.2) is 4.98 Å². The molecule has 2 aromatic rings. The second-order valence-corrected chi connectivity index (χ2v) is 8.25. The summed E-state index contributed by atoms with van der Waals surface area (Å²) < 4.78 is 7.96. The van der Waals surface area contributed by atoms with Gasteiger partial charge in [0, 0.05) is 35.4 Å². The Hall–Kier alpha value is -2.88. The summed E-state index contributed by atoms with van der Waals surface area (Å²) in [4.78, 5) is 8.45. The van der Waals surface area contributed by atoms with Crippen molar-refractivity contribution in [3.8, 4) is 17.7 Å². The van der Waals surface area contributed by atoms with E-state index in [1.165, 1.54) is 0 Å². The molecule has 2 heterocycles. The zero-order valence-electron chi connectivity index (χ0n) is 18.7. The first-order valence-corrected chi connectivity index (χ1v) is 10.9. The zero-order valence-corrected chi connectivity index (χ0v) is 18.7. The van der Waals surface area contributed by atoms with E-state index in [0.717, 1.165) is 60.4 Å². The van der Waals surface area contributed by atoms with Gasteiger partial charge in [0.1, 0.15) is 11.4 Å². The van der Waals surface area contributed by atoms with Crippen LogP contribution >= 0.6 is 0 Å². The number of hydrogen-bond acceptors (Lipinski definition) is 5. The van der Waals surface area contributed by atoms with Crippen LogP contribution in [0.4, 0.5) is 5.95 Å². The lowest BCUT2D eigenvalue weighted by Crippen LogP contribution is -2.30. The van der Waals surface area contributed by atoms with Crippen LogP contribution in [0.15, 0.2) is 30.1 Å². The van der Waals surface area contributed by atoms with Crippen LogP contribution in [0.2, 0.25) is 0 Å². The molecule has 0 amide bonds. The number of allylic oxidation sites excluding steroid dienone is 2. The SMILES string of the molecule is CCCCOCc1cn(-c2ccnc(N)n2)c2c1=CCCCC=C(C#CC(C)(C)O)C=2. The van der Waals surface area contributed by atoms with Gasteiger partial charge in [0.15, 0.2) is 0 Å². The van der Waals surface area contributed by atoms with Crippen molar-refractivity contribution in [3.63, 3.8) is 0 Å². The summed E-state index contributed by atoms with van der Waals surface area (Å²) >= 11 is 0. The Morgan fingerprint density at radius 2 is 2.10 bits per heavy atom. The third-order valence-corrected chi connectivity index (χ3v) is 4.90. The van der Waals surface area contributed by atoms with E-state index in [9.17, 15) is 5.11 Å². The normalized spacial score (nSPS) is 14.0. The van der Waals surface area contributed by atoms with E-state index in [1.54, 1.807) is 20.0 Å². The van der Waals surface area contributed by atoms with Gasteiger partial charge in [0.2, 0.25) is 5.95 Å². The van der Waals surface area contributed by atoms with Crippen molar-refractivity contribution < 1.29 is 9.84 Å². The summed E-state index contributed by atoms with van der Waals surface area (Å²) in [6.07, 6.45) is 15.2. The maximum atomic E-state index is 10.1. The molecule has 0 spiro atoms. The summed E-state index contributed by atoms with van der Waals surface area (Å²) in [5.41, 5.74) is 6.79. The monoisotopic (exact) mass is 420 g/mol. The van der Waals surface area contributed by atoms with Crippen LogP contribution in [0.1, 0.15) is 58.4 Å². The second kappa shape index (κ2) is 10.4. The molecule has 1 aliphatic carbocycles. The minimum atomic E-state index is -1.05. The molecule has 164 valence electrons. The maximum absolute atomic E-state index is 10.1. The second-order valence-electron chi connectivity index (χ2n) is 8.25. The molecule has 0 aliphatic heterocycles. The molecule has 0 fully saturated rings. The van der Waals surface area contributed by atoms with Gasteiger partial charge in [-0.1, -0.05) is 37.3 Å². The first-order chi connectivity index (χ1) is 14.9. The Kier molecular flexibility index (Phi) is 7.67. The largest absolute Gasteiger partial charge is 0.378 e. The van der Waals surface area contributed by atoms with Crippen molar-refractivity contribution >= 4 is 18.1 Å². The van der Waals surface area contributed by atoms with Gasteiger partial charge < -0.3 is 20.1 Å². The molecular formula is C25H32N4O2. The Labute approximate surface area is 184 Å². The number of fused-ring (bicyclic) bond motifs is 1. The van der Waals surface area contributed by atoms with Gasteiger partial charge >= 0.3 is 0 Å². The van der Waals surface area contributed by atoms with Gasteiger partial charge in [0.05, 0.1) is 12.0 Å². The summed E-state index contributed by atoms with van der Waals surface area (Å²) in [7, 11) is 0. The van der Waals surface area contributed by atoms with Crippen LogP contribution in [-0.4, -0.2) is 31.8 Å². The van der Waals surface area contributed by atoms with E-state index in [2.05, 4.69) is 53.2 Å². The van der Waals surface area contributed by atoms with Crippen LogP contribution in [0.5, 0.6) is 0 Å². The molecule has 6 heteroatoms. The van der Waals surface area contributed by atoms with Crippen LogP contribution in [0.3, 0.4) is 0 Å². The minimum Gasteiger partial charge on any atom is -0.378 e. The third-order valence-electron chi connectivity index (χ3n) is 4.90. The molecule has 1 aliphatic rings. The van der Waals surface area contributed by atoms with Gasteiger partial charge in [-0.15, -0.1) is 0 Å². The molecule has 3 rings (SSSR count). The van der Waals surface area contributed by atoms with Crippen molar-refractivity contribution in [1.29, 1.82) is 0 Å². The number of nitrogen functional groups attached to an aromatic ring is 1. The van der Waals surface area contributed by atoms with E-state index in [4.69, 9.17) is 10.5 Å².